The highest BCUT2D eigenvalue weighted by Gasteiger charge is 2.65. The Kier molecular flexibility index (Phi) is 6.70. The van der Waals surface area contributed by atoms with Crippen LogP contribution in [0.15, 0.2) is 18.3 Å². The third-order valence-electron chi connectivity index (χ3n) is 11.2. The molecule has 3 aliphatic carbocycles. The van der Waals surface area contributed by atoms with Gasteiger partial charge in [0.2, 0.25) is 17.4 Å². The zero-order chi connectivity index (χ0) is 32.1. The van der Waals surface area contributed by atoms with Gasteiger partial charge in [0.1, 0.15) is 24.3 Å². The SMILES string of the molecule is CC(C)(C)C(NC(=O)C1(F)CCC1)C(=O)N1CC2C3CC(F)C(C3)C2C1C(=O)N1CC2(CC1C#N)Oc1cccnc1NC2=O. The van der Waals surface area contributed by atoms with E-state index in [2.05, 4.69) is 21.7 Å². The van der Waals surface area contributed by atoms with Crippen LogP contribution >= 0.6 is 0 Å². The lowest BCUT2D eigenvalue weighted by Gasteiger charge is -2.40. The molecule has 0 aromatic carbocycles. The number of ether oxygens (including phenoxy) is 1. The summed E-state index contributed by atoms with van der Waals surface area (Å²) in [6.45, 7) is 5.24. The Balaban J connectivity index is 1.21. The number of hydrogen-bond donors (Lipinski definition) is 2. The number of amides is 4. The van der Waals surface area contributed by atoms with E-state index in [1.54, 1.807) is 32.9 Å². The van der Waals surface area contributed by atoms with Crippen molar-refractivity contribution >= 4 is 29.4 Å². The second-order valence-corrected chi connectivity index (χ2v) is 14.9. The Morgan fingerprint density at radius 1 is 1.22 bits per heavy atom. The van der Waals surface area contributed by atoms with Gasteiger partial charge >= 0.3 is 0 Å². The highest BCUT2D eigenvalue weighted by molar-refractivity contribution is 6.01. The van der Waals surface area contributed by atoms with E-state index >= 15 is 8.78 Å². The number of nitrogens with zero attached hydrogens (tertiary/aromatic N) is 4. The summed E-state index contributed by atoms with van der Waals surface area (Å²) in [4.78, 5) is 62.3. The number of hydrogen-bond acceptors (Lipinski definition) is 7. The van der Waals surface area contributed by atoms with Crippen molar-refractivity contribution in [2.24, 2.45) is 29.1 Å². The second kappa shape index (κ2) is 10.1. The number of alkyl halides is 2. The Bertz CT molecular complexity index is 1510. The summed E-state index contributed by atoms with van der Waals surface area (Å²) in [7, 11) is 0. The monoisotopic (exact) mass is 624 g/mol. The van der Waals surface area contributed by atoms with E-state index in [1.165, 1.54) is 16.0 Å². The molecule has 1 spiro atoms. The Morgan fingerprint density at radius 2 is 1.98 bits per heavy atom. The third-order valence-corrected chi connectivity index (χ3v) is 11.2. The van der Waals surface area contributed by atoms with E-state index in [-0.39, 0.29) is 50.0 Å². The molecule has 9 atom stereocenters. The number of fused-ring (bicyclic) bond motifs is 6. The zero-order valence-electron chi connectivity index (χ0n) is 25.6. The largest absolute Gasteiger partial charge is 0.472 e. The summed E-state index contributed by atoms with van der Waals surface area (Å²) in [5, 5.41) is 15.6. The molecule has 9 unspecified atom stereocenters. The van der Waals surface area contributed by atoms with Gasteiger partial charge in [-0.2, -0.15) is 5.26 Å². The molecule has 6 aliphatic rings. The molecule has 45 heavy (non-hydrogen) atoms. The Labute approximate surface area is 260 Å². The molecule has 2 bridgehead atoms. The standard InChI is InChI=1S/C32H38F2N6O5/c1-30(2,3)24(37-28(43)31(34)7-5-8-31)27(42)39-14-19-16-10-18(20(33)11-16)22(19)23(39)26(41)40-15-32(12-17(40)13-35)29(44)38-25-21(45-32)6-4-9-36-25/h4,6,9,16-20,22-24H,5,7-8,10-12,14-15H2,1-3H3,(H,37,43)(H,36,38,44). The molecule has 240 valence electrons. The molecular weight excluding hydrogens is 586 g/mol. The van der Waals surface area contributed by atoms with Crippen molar-refractivity contribution in [3.05, 3.63) is 18.3 Å². The van der Waals surface area contributed by atoms with E-state index in [1.807, 2.05) is 0 Å². The van der Waals surface area contributed by atoms with Gasteiger partial charge in [0.05, 0.1) is 12.6 Å². The first-order valence-electron chi connectivity index (χ1n) is 15.9. The number of carbonyl (C=O) groups excluding carboxylic acids is 4. The van der Waals surface area contributed by atoms with E-state index < -0.39 is 76.4 Å². The smallest absolute Gasteiger partial charge is 0.271 e. The van der Waals surface area contributed by atoms with Crippen LogP contribution in [0.4, 0.5) is 14.6 Å². The molecule has 2 N–H and O–H groups in total. The van der Waals surface area contributed by atoms with Crippen molar-refractivity contribution in [3.63, 3.8) is 0 Å². The summed E-state index contributed by atoms with van der Waals surface area (Å²) in [6.07, 6.45) is 2.04. The first-order valence-corrected chi connectivity index (χ1v) is 15.9. The zero-order valence-corrected chi connectivity index (χ0v) is 25.6. The van der Waals surface area contributed by atoms with Crippen molar-refractivity contribution in [1.29, 1.82) is 5.26 Å². The summed E-state index contributed by atoms with van der Waals surface area (Å²) < 4.78 is 36.5. The van der Waals surface area contributed by atoms with Crippen LogP contribution in [0, 0.1) is 40.4 Å². The van der Waals surface area contributed by atoms with Crippen LogP contribution in [0.2, 0.25) is 0 Å². The van der Waals surface area contributed by atoms with Gasteiger partial charge in [-0.15, -0.1) is 0 Å². The fourth-order valence-electron chi connectivity index (χ4n) is 8.71. The summed E-state index contributed by atoms with van der Waals surface area (Å²) in [6, 6.07) is 2.14. The number of rotatable bonds is 4. The number of anilines is 1. The lowest BCUT2D eigenvalue weighted by molar-refractivity contribution is -0.151. The van der Waals surface area contributed by atoms with Gasteiger partial charge in [0, 0.05) is 19.2 Å². The number of halogens is 2. The van der Waals surface area contributed by atoms with Gasteiger partial charge < -0.3 is 25.2 Å². The Morgan fingerprint density at radius 3 is 2.64 bits per heavy atom. The molecule has 4 heterocycles. The Hall–Kier alpha value is -3.82. The molecule has 13 heteroatoms. The van der Waals surface area contributed by atoms with Crippen molar-refractivity contribution < 1.29 is 32.7 Å². The summed E-state index contributed by atoms with van der Waals surface area (Å²) in [5.41, 5.74) is -4.40. The summed E-state index contributed by atoms with van der Waals surface area (Å²) in [5.74, 6) is -2.92. The maximum absolute atomic E-state index is 15.3. The average Bonchev–Trinajstić information content (AvgIpc) is 3.73. The molecule has 11 nitrogen and oxygen atoms in total. The second-order valence-electron chi connectivity index (χ2n) is 14.9. The van der Waals surface area contributed by atoms with Gasteiger partial charge in [-0.1, -0.05) is 20.8 Å². The fourth-order valence-corrected chi connectivity index (χ4v) is 8.71. The van der Waals surface area contributed by atoms with Crippen LogP contribution in [0.3, 0.4) is 0 Å². The van der Waals surface area contributed by atoms with E-state index in [0.29, 0.717) is 25.0 Å². The maximum atomic E-state index is 15.3. The predicted octanol–water partition coefficient (Wildman–Crippen LogP) is 2.52. The molecule has 4 amide bonds. The quantitative estimate of drug-likeness (QED) is 0.524. The molecule has 3 aliphatic heterocycles. The van der Waals surface area contributed by atoms with Crippen molar-refractivity contribution in [3.8, 4) is 11.8 Å². The topological polar surface area (TPSA) is 145 Å². The minimum Gasteiger partial charge on any atom is -0.472 e. The highest BCUT2D eigenvalue weighted by Crippen LogP contribution is 2.59. The van der Waals surface area contributed by atoms with Crippen LogP contribution in [0.5, 0.6) is 5.75 Å². The van der Waals surface area contributed by atoms with Crippen LogP contribution < -0.4 is 15.4 Å². The van der Waals surface area contributed by atoms with Crippen LogP contribution in [0.1, 0.15) is 59.3 Å². The molecule has 0 radical (unpaired) electrons. The van der Waals surface area contributed by atoms with E-state index in [0.717, 1.165) is 0 Å². The number of nitrogens with one attached hydrogen (secondary N) is 2. The van der Waals surface area contributed by atoms with Crippen molar-refractivity contribution in [2.75, 3.05) is 18.4 Å². The van der Waals surface area contributed by atoms with Gasteiger partial charge in [-0.3, -0.25) is 19.2 Å². The number of carbonyl (C=O) groups is 4. The van der Waals surface area contributed by atoms with E-state index in [4.69, 9.17) is 4.74 Å². The van der Waals surface area contributed by atoms with Crippen molar-refractivity contribution in [2.45, 2.75) is 94.9 Å². The van der Waals surface area contributed by atoms with Gasteiger partial charge in [-0.25, -0.2) is 13.8 Å². The maximum Gasteiger partial charge on any atom is 0.271 e. The van der Waals surface area contributed by atoms with Gasteiger partial charge in [0.15, 0.2) is 17.2 Å². The van der Waals surface area contributed by atoms with Crippen LogP contribution in [-0.2, 0) is 19.2 Å². The van der Waals surface area contributed by atoms with Crippen LogP contribution in [-0.4, -0.2) is 87.1 Å². The average molecular weight is 625 g/mol. The van der Waals surface area contributed by atoms with Gasteiger partial charge in [-0.05, 0) is 73.3 Å². The number of nitriles is 1. The molecule has 2 saturated heterocycles. The van der Waals surface area contributed by atoms with Crippen LogP contribution in [0.25, 0.3) is 0 Å². The van der Waals surface area contributed by atoms with E-state index in [9.17, 15) is 24.4 Å². The summed E-state index contributed by atoms with van der Waals surface area (Å²) >= 11 is 0. The lowest BCUT2D eigenvalue weighted by atomic mass is 9.77. The number of likely N-dealkylation sites (tertiary alicyclic amines) is 2. The van der Waals surface area contributed by atoms with Gasteiger partial charge in [0.25, 0.3) is 11.8 Å². The molecule has 1 aromatic heterocycles. The number of pyridine rings is 1. The minimum atomic E-state index is -2.03. The van der Waals surface area contributed by atoms with Crippen molar-refractivity contribution in [1.82, 2.24) is 20.1 Å². The third kappa shape index (κ3) is 4.49. The first kappa shape index (κ1) is 29.9. The molecule has 1 aromatic rings. The highest BCUT2D eigenvalue weighted by atomic mass is 19.1. The normalized spacial score (nSPS) is 36.4. The molecule has 3 saturated carbocycles. The predicted molar refractivity (Wildman–Crippen MR) is 155 cm³/mol. The first-order chi connectivity index (χ1) is 21.3. The molecular formula is C32H38F2N6O5. The minimum absolute atomic E-state index is 0.00278. The molecule has 7 rings (SSSR count). The lowest BCUT2D eigenvalue weighted by Crippen LogP contribution is -2.62. The molecule has 5 fully saturated rings. The fraction of sp³-hybridized carbons (Fsp3) is 0.688. The number of aromatic nitrogens is 1.